The highest BCUT2D eigenvalue weighted by Crippen LogP contribution is 2.40. The number of fused-ring (bicyclic) bond motifs is 1. The summed E-state index contributed by atoms with van der Waals surface area (Å²) in [6, 6.07) is 13.8. The average molecular weight is 402 g/mol. The fraction of sp³-hybridized carbons (Fsp3) is 0.250. The van der Waals surface area contributed by atoms with E-state index < -0.39 is 0 Å². The van der Waals surface area contributed by atoms with Crippen LogP contribution in [0.4, 0.5) is 5.82 Å². The number of nitrogens with two attached hydrogens (primary N) is 1. The highest BCUT2D eigenvalue weighted by Gasteiger charge is 2.22. The molecule has 0 aliphatic heterocycles. The zero-order chi connectivity index (χ0) is 21.5. The molecule has 6 heteroatoms. The Bertz CT molecular complexity index is 1220. The third-order valence-electron chi connectivity index (χ3n) is 5.03. The Morgan fingerprint density at radius 1 is 1.00 bits per heavy atom. The van der Waals surface area contributed by atoms with Crippen molar-refractivity contribution in [2.75, 3.05) is 12.8 Å². The van der Waals surface area contributed by atoms with Crippen molar-refractivity contribution >= 4 is 16.9 Å². The standard InChI is InChI=1S/C24H26N4O2/c1-15-7-6-8-17(11-15)30-19-10-9-16(12-20(19)29-5)18-13-28(24(2,3)4)23-21(18)22(25)26-14-27-23/h6-14H,1-5H3,(H2,25,26,27). The van der Waals surface area contributed by atoms with Crippen LogP contribution in [-0.4, -0.2) is 21.6 Å². The molecular formula is C24H26N4O2. The Kier molecular flexibility index (Phi) is 4.86. The van der Waals surface area contributed by atoms with Crippen molar-refractivity contribution in [3.8, 4) is 28.4 Å². The molecule has 4 aromatic rings. The normalized spacial score (nSPS) is 11.6. The fourth-order valence-corrected chi connectivity index (χ4v) is 3.54. The molecule has 0 atom stereocenters. The van der Waals surface area contributed by atoms with Gasteiger partial charge in [0.05, 0.1) is 12.5 Å². The summed E-state index contributed by atoms with van der Waals surface area (Å²) in [5.41, 5.74) is 9.95. The molecule has 0 fully saturated rings. The highest BCUT2D eigenvalue weighted by atomic mass is 16.5. The van der Waals surface area contributed by atoms with E-state index >= 15 is 0 Å². The summed E-state index contributed by atoms with van der Waals surface area (Å²) < 4.78 is 13.8. The molecule has 0 saturated heterocycles. The maximum Gasteiger partial charge on any atom is 0.169 e. The van der Waals surface area contributed by atoms with Gasteiger partial charge in [-0.1, -0.05) is 18.2 Å². The Morgan fingerprint density at radius 3 is 2.50 bits per heavy atom. The number of hydrogen-bond donors (Lipinski definition) is 1. The number of aromatic nitrogens is 3. The maximum atomic E-state index is 6.25. The lowest BCUT2D eigenvalue weighted by molar-refractivity contribution is 0.379. The number of methoxy groups -OCH3 is 1. The van der Waals surface area contributed by atoms with Gasteiger partial charge in [-0.25, -0.2) is 9.97 Å². The van der Waals surface area contributed by atoms with E-state index in [1.807, 2.05) is 49.4 Å². The van der Waals surface area contributed by atoms with Crippen molar-refractivity contribution in [2.45, 2.75) is 33.2 Å². The lowest BCUT2D eigenvalue weighted by Gasteiger charge is -2.21. The number of benzene rings is 2. The molecule has 2 heterocycles. The van der Waals surface area contributed by atoms with Crippen LogP contribution in [0.2, 0.25) is 0 Å². The summed E-state index contributed by atoms with van der Waals surface area (Å²) in [7, 11) is 1.64. The lowest BCUT2D eigenvalue weighted by atomic mass is 10.1. The lowest BCUT2D eigenvalue weighted by Crippen LogP contribution is -2.21. The average Bonchev–Trinajstić information content (AvgIpc) is 3.10. The molecule has 154 valence electrons. The van der Waals surface area contributed by atoms with E-state index in [4.69, 9.17) is 15.2 Å². The van der Waals surface area contributed by atoms with Crippen molar-refractivity contribution in [1.82, 2.24) is 14.5 Å². The summed E-state index contributed by atoms with van der Waals surface area (Å²) in [5, 5.41) is 0.835. The molecule has 0 unspecified atom stereocenters. The van der Waals surface area contributed by atoms with Crippen molar-refractivity contribution in [2.24, 2.45) is 0 Å². The minimum Gasteiger partial charge on any atom is -0.493 e. The van der Waals surface area contributed by atoms with E-state index in [0.29, 0.717) is 17.3 Å². The summed E-state index contributed by atoms with van der Waals surface area (Å²) in [6.07, 6.45) is 3.58. The minimum absolute atomic E-state index is 0.157. The molecule has 6 nitrogen and oxygen atoms in total. The summed E-state index contributed by atoms with van der Waals surface area (Å²) in [4.78, 5) is 8.71. The number of rotatable bonds is 4. The van der Waals surface area contributed by atoms with Gasteiger partial charge in [-0.3, -0.25) is 0 Å². The van der Waals surface area contributed by atoms with E-state index in [1.54, 1.807) is 7.11 Å². The van der Waals surface area contributed by atoms with Crippen molar-refractivity contribution in [1.29, 1.82) is 0 Å². The Morgan fingerprint density at radius 2 is 1.80 bits per heavy atom. The van der Waals surface area contributed by atoms with Crippen molar-refractivity contribution < 1.29 is 9.47 Å². The Labute approximate surface area is 176 Å². The van der Waals surface area contributed by atoms with Crippen molar-refractivity contribution in [3.05, 3.63) is 60.6 Å². The first-order valence-electron chi connectivity index (χ1n) is 9.83. The topological polar surface area (TPSA) is 75.2 Å². The molecule has 2 aromatic heterocycles. The molecule has 0 saturated carbocycles. The molecule has 30 heavy (non-hydrogen) atoms. The third-order valence-corrected chi connectivity index (χ3v) is 5.03. The van der Waals surface area contributed by atoms with Crippen molar-refractivity contribution in [3.63, 3.8) is 0 Å². The predicted molar refractivity (Wildman–Crippen MR) is 120 cm³/mol. The quantitative estimate of drug-likeness (QED) is 0.485. The van der Waals surface area contributed by atoms with Gasteiger partial charge >= 0.3 is 0 Å². The SMILES string of the molecule is COc1cc(-c2cn(C(C)(C)C)c3ncnc(N)c23)ccc1Oc1cccc(C)c1. The smallest absolute Gasteiger partial charge is 0.169 e. The summed E-state index contributed by atoms with van der Waals surface area (Å²) >= 11 is 0. The molecular weight excluding hydrogens is 376 g/mol. The second-order valence-electron chi connectivity index (χ2n) is 8.33. The van der Waals surface area contributed by atoms with E-state index in [1.165, 1.54) is 6.33 Å². The molecule has 0 amide bonds. The van der Waals surface area contributed by atoms with Crippen LogP contribution in [0.1, 0.15) is 26.3 Å². The molecule has 0 bridgehead atoms. The van der Waals surface area contributed by atoms with Gasteiger partial charge in [0.1, 0.15) is 23.5 Å². The minimum atomic E-state index is -0.157. The largest absolute Gasteiger partial charge is 0.493 e. The number of anilines is 1. The zero-order valence-electron chi connectivity index (χ0n) is 17.9. The molecule has 0 radical (unpaired) electrons. The first kappa shape index (κ1) is 19.8. The van der Waals surface area contributed by atoms with Crippen LogP contribution in [0.25, 0.3) is 22.2 Å². The van der Waals surface area contributed by atoms with Gasteiger partial charge in [-0.2, -0.15) is 0 Å². The van der Waals surface area contributed by atoms with E-state index in [0.717, 1.165) is 33.5 Å². The van der Waals surface area contributed by atoms with E-state index in [9.17, 15) is 0 Å². The molecule has 2 aromatic carbocycles. The fourth-order valence-electron chi connectivity index (χ4n) is 3.54. The molecule has 0 aliphatic rings. The summed E-state index contributed by atoms with van der Waals surface area (Å²) in [6.45, 7) is 8.43. The second-order valence-corrected chi connectivity index (χ2v) is 8.33. The van der Waals surface area contributed by atoms with Gasteiger partial charge in [-0.05, 0) is 63.1 Å². The van der Waals surface area contributed by atoms with Crippen LogP contribution in [0.15, 0.2) is 55.0 Å². The molecule has 2 N–H and O–H groups in total. The number of hydrogen-bond acceptors (Lipinski definition) is 5. The van der Waals surface area contributed by atoms with Gasteiger partial charge in [0, 0.05) is 17.3 Å². The number of nitrogens with zero attached hydrogens (tertiary/aromatic N) is 3. The predicted octanol–water partition coefficient (Wildman–Crippen LogP) is 5.54. The first-order chi connectivity index (χ1) is 14.3. The number of aryl methyl sites for hydroxylation is 1. The summed E-state index contributed by atoms with van der Waals surface area (Å²) in [5.74, 6) is 2.51. The van der Waals surface area contributed by atoms with Gasteiger partial charge in [-0.15, -0.1) is 0 Å². The molecule has 4 rings (SSSR count). The van der Waals surface area contributed by atoms with Gasteiger partial charge < -0.3 is 19.8 Å². The second kappa shape index (κ2) is 7.37. The maximum absolute atomic E-state index is 6.25. The van der Waals surface area contributed by atoms with Crippen LogP contribution < -0.4 is 15.2 Å². The molecule has 0 aliphatic carbocycles. The molecule has 0 spiro atoms. The number of nitrogen functional groups attached to an aromatic ring is 1. The van der Waals surface area contributed by atoms with Gasteiger partial charge in [0.25, 0.3) is 0 Å². The van der Waals surface area contributed by atoms with Crippen LogP contribution in [0.5, 0.6) is 17.2 Å². The van der Waals surface area contributed by atoms with Gasteiger partial charge in [0.2, 0.25) is 0 Å². The monoisotopic (exact) mass is 402 g/mol. The van der Waals surface area contributed by atoms with Crippen LogP contribution in [-0.2, 0) is 5.54 Å². The van der Waals surface area contributed by atoms with E-state index in [-0.39, 0.29) is 5.54 Å². The first-order valence-corrected chi connectivity index (χ1v) is 9.83. The van der Waals surface area contributed by atoms with Crippen LogP contribution >= 0.6 is 0 Å². The van der Waals surface area contributed by atoms with Gasteiger partial charge in [0.15, 0.2) is 11.5 Å². The number of ether oxygens (including phenoxy) is 2. The zero-order valence-corrected chi connectivity index (χ0v) is 17.9. The van der Waals surface area contributed by atoms with Crippen LogP contribution in [0.3, 0.4) is 0 Å². The Hall–Kier alpha value is -3.54. The Balaban J connectivity index is 1.83. The van der Waals surface area contributed by atoms with Crippen LogP contribution in [0, 0.1) is 6.92 Å². The third kappa shape index (κ3) is 3.56. The highest BCUT2D eigenvalue weighted by molar-refractivity contribution is 6.01. The van der Waals surface area contributed by atoms with E-state index in [2.05, 4.69) is 41.5 Å².